The van der Waals surface area contributed by atoms with Gasteiger partial charge in [0.1, 0.15) is 0 Å². The Morgan fingerprint density at radius 1 is 0.519 bits per heavy atom. The van der Waals surface area contributed by atoms with Crippen LogP contribution in [0.15, 0.2) is 131 Å². The standard InChI is InChI=1S/2C27H33N3.2C4H8O.CHF3O3S.Cu/c2*1-18(2)23-14-11-15-24(19(3)4)27(23)28-20(5)25-16-22(30(6)7)17-26(29-25)21-12-9-8-10-13-21;2*1-2-4-5-3-1;2-1(3,4)8(5,6)7;/h2*8-19H,1-7H3;2*1-4H2;(H,5,6,7);/q;;;;;+1/p-1. The second kappa shape index (κ2) is 32.5. The second-order valence-electron chi connectivity index (χ2n) is 20.8. The fraction of sp³-hybridized carbons (Fsp3) is 0.429. The van der Waals surface area contributed by atoms with Crippen LogP contribution < -0.4 is 9.80 Å². The molecule has 4 heterocycles. The summed E-state index contributed by atoms with van der Waals surface area (Å²) in [6.07, 6.45) is 5.11. The van der Waals surface area contributed by atoms with E-state index in [2.05, 4.69) is 192 Å². The van der Waals surface area contributed by atoms with Crippen LogP contribution in [0.2, 0.25) is 0 Å². The van der Waals surface area contributed by atoms with E-state index in [1.165, 1.54) is 47.9 Å². The number of hydrogen-bond acceptors (Lipinski definition) is 11. The molecule has 0 N–H and O–H groups in total. The number of halogens is 3. The number of hydrogen-bond donors (Lipinski definition) is 0. The summed E-state index contributed by atoms with van der Waals surface area (Å²) in [6.45, 7) is 26.0. The summed E-state index contributed by atoms with van der Waals surface area (Å²) in [4.78, 5) is 24.5. The summed E-state index contributed by atoms with van der Waals surface area (Å²) in [7, 11) is 2.15. The van der Waals surface area contributed by atoms with E-state index in [0.717, 1.165) is 94.5 Å². The summed E-state index contributed by atoms with van der Waals surface area (Å²) < 4.78 is 68.8. The van der Waals surface area contributed by atoms with E-state index in [9.17, 15) is 13.2 Å². The third-order valence-corrected chi connectivity index (χ3v) is 13.3. The SMILES string of the molecule is C1CCOC1.C1CCOC1.CC(=Nc1c(C(C)C)cccc1C(C)C)c1cc(N(C)C)cc(-c2ccccc2)n1.CC(=Nc1c(C(C)C)cccc1C(C)C)c1cc(N(C)C)cc(-c2ccccc2)n1.O=S(=O)([O-])C(F)(F)F.[Cu+]. The number of rotatable bonds is 12. The Hall–Kier alpha value is -5.74. The van der Waals surface area contributed by atoms with E-state index in [-0.39, 0.29) is 17.1 Å². The average molecular weight is 1160 g/mol. The smallest absolute Gasteiger partial charge is 0.741 e. The van der Waals surface area contributed by atoms with Crippen molar-refractivity contribution in [3.05, 3.63) is 155 Å². The van der Waals surface area contributed by atoms with Crippen molar-refractivity contribution in [2.75, 3.05) is 64.4 Å². The largest absolute Gasteiger partial charge is 1.00 e. The average Bonchev–Trinajstić information content (AvgIpc) is 4.20. The third-order valence-electron chi connectivity index (χ3n) is 12.7. The summed E-state index contributed by atoms with van der Waals surface area (Å²) in [5.74, 6) is 1.65. The van der Waals surface area contributed by atoms with Gasteiger partial charge in [-0.3, -0.25) is 9.98 Å². The zero-order chi connectivity index (χ0) is 57.7. The van der Waals surface area contributed by atoms with Crippen molar-refractivity contribution in [1.29, 1.82) is 0 Å². The van der Waals surface area contributed by atoms with E-state index >= 15 is 0 Å². The van der Waals surface area contributed by atoms with Crippen molar-refractivity contribution in [2.24, 2.45) is 9.98 Å². The van der Waals surface area contributed by atoms with Crippen LogP contribution in [0, 0.1) is 0 Å². The van der Waals surface area contributed by atoms with E-state index in [0.29, 0.717) is 23.7 Å². The van der Waals surface area contributed by atoms with Gasteiger partial charge in [0.25, 0.3) is 0 Å². The number of aromatic nitrogens is 2. The van der Waals surface area contributed by atoms with Gasteiger partial charge in [0.15, 0.2) is 10.1 Å². The Kier molecular flexibility index (Phi) is 27.8. The van der Waals surface area contributed by atoms with Crippen molar-refractivity contribution in [3.8, 4) is 22.5 Å². The zero-order valence-corrected chi connectivity index (χ0v) is 50.3. The fourth-order valence-corrected chi connectivity index (χ4v) is 8.19. The van der Waals surface area contributed by atoms with E-state index in [4.69, 9.17) is 42.4 Å². The molecule has 0 aliphatic carbocycles. The second-order valence-corrected chi connectivity index (χ2v) is 22.2. The van der Waals surface area contributed by atoms with Crippen LogP contribution in [0.5, 0.6) is 0 Å². The Morgan fingerprint density at radius 2 is 0.797 bits per heavy atom. The van der Waals surface area contributed by atoms with Crippen LogP contribution in [-0.4, -0.2) is 94.5 Å². The minimum absolute atomic E-state index is 0. The fourth-order valence-electron chi connectivity index (χ4n) is 8.19. The molecular formula is C63H82CuF3N6O5S. The molecule has 2 aliphatic heterocycles. The number of ether oxygens (including phenoxy) is 2. The van der Waals surface area contributed by atoms with Crippen LogP contribution in [0.4, 0.5) is 35.9 Å². The first kappa shape index (κ1) is 67.5. The maximum absolute atomic E-state index is 10.7. The van der Waals surface area contributed by atoms with Crippen molar-refractivity contribution in [2.45, 2.75) is 124 Å². The molecule has 0 spiro atoms. The van der Waals surface area contributed by atoms with Gasteiger partial charge in [-0.25, -0.2) is 18.4 Å². The Morgan fingerprint density at radius 3 is 1.01 bits per heavy atom. The maximum Gasteiger partial charge on any atom is 1.00 e. The predicted octanol–water partition coefficient (Wildman–Crippen LogP) is 16.0. The van der Waals surface area contributed by atoms with Crippen molar-refractivity contribution < 1.29 is 52.7 Å². The molecule has 6 aromatic rings. The van der Waals surface area contributed by atoms with Crippen LogP contribution in [0.25, 0.3) is 22.5 Å². The van der Waals surface area contributed by atoms with Gasteiger partial charge in [0.2, 0.25) is 0 Å². The normalized spacial score (nSPS) is 13.5. The molecular weight excluding hydrogens is 1070 g/mol. The summed E-state index contributed by atoms with van der Waals surface area (Å²) in [5.41, 5.74) is 11.8. The van der Waals surface area contributed by atoms with Gasteiger partial charge < -0.3 is 23.8 Å². The first-order chi connectivity index (χ1) is 36.8. The van der Waals surface area contributed by atoms with Crippen LogP contribution in [0.3, 0.4) is 0 Å². The van der Waals surface area contributed by atoms with Crippen LogP contribution in [-0.2, 0) is 36.7 Å². The molecule has 0 radical (unpaired) electrons. The predicted molar refractivity (Wildman–Crippen MR) is 317 cm³/mol. The molecule has 2 aliphatic rings. The van der Waals surface area contributed by atoms with Gasteiger partial charge >= 0.3 is 22.6 Å². The minimum Gasteiger partial charge on any atom is -0.741 e. The molecule has 2 fully saturated rings. The summed E-state index contributed by atoms with van der Waals surface area (Å²) in [5, 5.41) is 0. The molecule has 8 rings (SSSR count). The quantitative estimate of drug-likeness (QED) is 0.0508. The molecule has 0 saturated carbocycles. The molecule has 0 unspecified atom stereocenters. The first-order valence-corrected chi connectivity index (χ1v) is 28.3. The first-order valence-electron chi connectivity index (χ1n) is 26.8. The minimum atomic E-state index is -6.09. The van der Waals surface area contributed by atoms with Crippen molar-refractivity contribution in [1.82, 2.24) is 9.97 Å². The number of nitrogens with zero attached hydrogens (tertiary/aromatic N) is 6. The van der Waals surface area contributed by atoms with Gasteiger partial charge in [-0.05, 0) is 110 Å². The number of anilines is 2. The Labute approximate surface area is 480 Å². The monoisotopic (exact) mass is 1150 g/mol. The van der Waals surface area contributed by atoms with Crippen molar-refractivity contribution >= 4 is 44.3 Å². The number of pyridine rings is 2. The molecule has 2 aromatic heterocycles. The van der Waals surface area contributed by atoms with Gasteiger partial charge in [-0.1, -0.05) is 152 Å². The van der Waals surface area contributed by atoms with Gasteiger partial charge in [0, 0.05) is 77.1 Å². The number of alkyl halides is 3. The van der Waals surface area contributed by atoms with Gasteiger partial charge in [0.05, 0.1) is 45.6 Å². The van der Waals surface area contributed by atoms with E-state index in [1.54, 1.807) is 0 Å². The number of aliphatic imine (C=N–C) groups is 2. The van der Waals surface area contributed by atoms with Crippen LogP contribution >= 0.6 is 0 Å². The molecule has 11 nitrogen and oxygen atoms in total. The topological polar surface area (TPSA) is 133 Å². The number of para-hydroxylation sites is 2. The Balaban J connectivity index is 0.000000312. The Bertz CT molecular complexity index is 2730. The van der Waals surface area contributed by atoms with E-state index in [1.807, 2.05) is 36.4 Å². The molecule has 0 bridgehead atoms. The van der Waals surface area contributed by atoms with Crippen LogP contribution in [0.1, 0.15) is 152 Å². The summed E-state index contributed by atoms with van der Waals surface area (Å²) >= 11 is 0. The molecule has 0 amide bonds. The zero-order valence-electron chi connectivity index (χ0n) is 48.6. The van der Waals surface area contributed by atoms with Gasteiger partial charge in [-0.15, -0.1) is 0 Å². The molecule has 79 heavy (non-hydrogen) atoms. The van der Waals surface area contributed by atoms with Crippen molar-refractivity contribution in [3.63, 3.8) is 0 Å². The maximum atomic E-state index is 10.7. The number of benzene rings is 4. The third kappa shape index (κ3) is 21.3. The molecule has 432 valence electrons. The molecule has 0 atom stereocenters. The molecule has 4 aromatic carbocycles. The van der Waals surface area contributed by atoms with E-state index < -0.39 is 15.6 Å². The molecule has 16 heteroatoms. The molecule has 2 saturated heterocycles. The van der Waals surface area contributed by atoms with Gasteiger partial charge in [-0.2, -0.15) is 13.2 Å². The summed E-state index contributed by atoms with van der Waals surface area (Å²) in [6, 6.07) is 42.3.